The monoisotopic (exact) mass is 280 g/mol. The average molecular weight is 281 g/mol. The van der Waals surface area contributed by atoms with Crippen LogP contribution in [0.5, 0.6) is 0 Å². The summed E-state index contributed by atoms with van der Waals surface area (Å²) in [6.45, 7) is 4.26. The van der Waals surface area contributed by atoms with Crippen molar-refractivity contribution in [3.05, 3.63) is 40.4 Å². The van der Waals surface area contributed by atoms with Gasteiger partial charge in [0.25, 0.3) is 0 Å². The Balaban J connectivity index is 2.47. The number of halogens is 1. The predicted molar refractivity (Wildman–Crippen MR) is 72.3 cm³/mol. The van der Waals surface area contributed by atoms with Crippen molar-refractivity contribution in [3.8, 4) is 0 Å². The van der Waals surface area contributed by atoms with Gasteiger partial charge >= 0.3 is 0 Å². The van der Waals surface area contributed by atoms with Crippen LogP contribution in [-0.2, 0) is 4.79 Å². The molecule has 2 heteroatoms. The summed E-state index contributed by atoms with van der Waals surface area (Å²) in [5.74, 6) is 0.793. The maximum atomic E-state index is 11.5. The van der Waals surface area contributed by atoms with Gasteiger partial charge in [-0.1, -0.05) is 48.0 Å². The standard InChI is InChI=1S/C14H17BrO/c1-11(2)3-9-14(16)10-6-12-4-7-13(15)8-5-12/h4-8,10-11H,3,9H2,1-2H3/b10-6+. The fourth-order valence-electron chi connectivity index (χ4n) is 1.28. The molecular formula is C14H17BrO. The van der Waals surface area contributed by atoms with E-state index >= 15 is 0 Å². The molecule has 1 aromatic rings. The van der Waals surface area contributed by atoms with E-state index < -0.39 is 0 Å². The van der Waals surface area contributed by atoms with Gasteiger partial charge < -0.3 is 0 Å². The van der Waals surface area contributed by atoms with Crippen LogP contribution in [-0.4, -0.2) is 5.78 Å². The Kier molecular flexibility index (Phi) is 5.47. The van der Waals surface area contributed by atoms with E-state index in [9.17, 15) is 4.79 Å². The van der Waals surface area contributed by atoms with Crippen molar-refractivity contribution in [2.75, 3.05) is 0 Å². The van der Waals surface area contributed by atoms with Crippen LogP contribution in [0.4, 0.5) is 0 Å². The molecule has 0 radical (unpaired) electrons. The van der Waals surface area contributed by atoms with Crippen LogP contribution in [0, 0.1) is 5.92 Å². The Bertz CT molecular complexity index is 363. The fourth-order valence-corrected chi connectivity index (χ4v) is 1.54. The third-order valence-corrected chi connectivity index (χ3v) is 2.83. The Labute approximate surface area is 106 Å². The molecule has 0 heterocycles. The summed E-state index contributed by atoms with van der Waals surface area (Å²) in [7, 11) is 0. The number of rotatable bonds is 5. The topological polar surface area (TPSA) is 17.1 Å². The number of carbonyl (C=O) groups excluding carboxylic acids is 1. The van der Waals surface area contributed by atoms with E-state index in [1.807, 2.05) is 30.3 Å². The zero-order chi connectivity index (χ0) is 12.0. The molecule has 1 nitrogen and oxygen atoms in total. The van der Waals surface area contributed by atoms with E-state index in [0.29, 0.717) is 12.3 Å². The second-order valence-electron chi connectivity index (χ2n) is 4.28. The minimum Gasteiger partial charge on any atom is -0.295 e. The van der Waals surface area contributed by atoms with E-state index in [2.05, 4.69) is 29.8 Å². The van der Waals surface area contributed by atoms with Gasteiger partial charge in [0.2, 0.25) is 0 Å². The lowest BCUT2D eigenvalue weighted by Gasteiger charge is -2.00. The van der Waals surface area contributed by atoms with Gasteiger partial charge in [0.15, 0.2) is 5.78 Å². The molecule has 0 aliphatic rings. The van der Waals surface area contributed by atoms with Crippen LogP contribution in [0.1, 0.15) is 32.3 Å². The lowest BCUT2D eigenvalue weighted by Crippen LogP contribution is -1.96. The second kappa shape index (κ2) is 6.64. The third-order valence-electron chi connectivity index (χ3n) is 2.30. The van der Waals surface area contributed by atoms with E-state index in [0.717, 1.165) is 16.5 Å². The van der Waals surface area contributed by atoms with Gasteiger partial charge in [0, 0.05) is 10.9 Å². The quantitative estimate of drug-likeness (QED) is 0.728. The fraction of sp³-hybridized carbons (Fsp3) is 0.357. The highest BCUT2D eigenvalue weighted by atomic mass is 79.9. The first-order valence-electron chi connectivity index (χ1n) is 5.54. The van der Waals surface area contributed by atoms with Crippen LogP contribution >= 0.6 is 15.9 Å². The maximum absolute atomic E-state index is 11.5. The van der Waals surface area contributed by atoms with E-state index in [4.69, 9.17) is 0 Å². The smallest absolute Gasteiger partial charge is 0.155 e. The van der Waals surface area contributed by atoms with Gasteiger partial charge in [-0.3, -0.25) is 4.79 Å². The molecule has 0 amide bonds. The Morgan fingerprint density at radius 1 is 1.31 bits per heavy atom. The van der Waals surface area contributed by atoms with E-state index in [-0.39, 0.29) is 5.78 Å². The average Bonchev–Trinajstić information content (AvgIpc) is 2.25. The minimum absolute atomic E-state index is 0.205. The van der Waals surface area contributed by atoms with E-state index in [1.54, 1.807) is 6.08 Å². The third kappa shape index (κ3) is 5.26. The largest absolute Gasteiger partial charge is 0.295 e. The summed E-state index contributed by atoms with van der Waals surface area (Å²) in [5, 5.41) is 0. The molecule has 0 saturated carbocycles. The minimum atomic E-state index is 0.205. The number of allylic oxidation sites excluding steroid dienone is 1. The Morgan fingerprint density at radius 3 is 2.50 bits per heavy atom. The van der Waals surface area contributed by atoms with Crippen molar-refractivity contribution >= 4 is 27.8 Å². The number of benzene rings is 1. The van der Waals surface area contributed by atoms with Gasteiger partial charge in [-0.05, 0) is 36.1 Å². The first kappa shape index (κ1) is 13.2. The lowest BCUT2D eigenvalue weighted by atomic mass is 10.1. The molecule has 1 rings (SSSR count). The number of ketones is 1. The van der Waals surface area contributed by atoms with Crippen LogP contribution in [0.25, 0.3) is 6.08 Å². The van der Waals surface area contributed by atoms with Crippen LogP contribution in [0.15, 0.2) is 34.8 Å². The molecule has 16 heavy (non-hydrogen) atoms. The van der Waals surface area contributed by atoms with Gasteiger partial charge in [-0.15, -0.1) is 0 Å². The van der Waals surface area contributed by atoms with Crippen LogP contribution in [0.3, 0.4) is 0 Å². The maximum Gasteiger partial charge on any atom is 0.155 e. The van der Waals surface area contributed by atoms with Crippen molar-refractivity contribution in [2.45, 2.75) is 26.7 Å². The predicted octanol–water partition coefficient (Wildman–Crippen LogP) is 4.47. The zero-order valence-electron chi connectivity index (χ0n) is 9.74. The van der Waals surface area contributed by atoms with Crippen molar-refractivity contribution in [2.24, 2.45) is 5.92 Å². The van der Waals surface area contributed by atoms with Crippen LogP contribution in [0.2, 0.25) is 0 Å². The van der Waals surface area contributed by atoms with Crippen molar-refractivity contribution in [1.29, 1.82) is 0 Å². The number of hydrogen-bond donors (Lipinski definition) is 0. The normalized spacial score (nSPS) is 11.2. The highest BCUT2D eigenvalue weighted by Gasteiger charge is 1.99. The first-order chi connectivity index (χ1) is 7.58. The molecule has 0 aliphatic carbocycles. The second-order valence-corrected chi connectivity index (χ2v) is 5.20. The van der Waals surface area contributed by atoms with Gasteiger partial charge in [0.05, 0.1) is 0 Å². The number of carbonyl (C=O) groups is 1. The molecule has 86 valence electrons. The molecule has 0 aliphatic heterocycles. The Morgan fingerprint density at radius 2 is 1.94 bits per heavy atom. The molecule has 0 N–H and O–H groups in total. The summed E-state index contributed by atoms with van der Waals surface area (Å²) in [5.41, 5.74) is 1.06. The summed E-state index contributed by atoms with van der Waals surface area (Å²) in [4.78, 5) is 11.5. The molecular weight excluding hydrogens is 264 g/mol. The molecule has 0 spiro atoms. The summed E-state index contributed by atoms with van der Waals surface area (Å²) in [6, 6.07) is 7.91. The highest BCUT2D eigenvalue weighted by Crippen LogP contribution is 2.12. The summed E-state index contributed by atoms with van der Waals surface area (Å²) < 4.78 is 1.05. The molecule has 1 aromatic carbocycles. The van der Waals surface area contributed by atoms with Gasteiger partial charge in [0.1, 0.15) is 0 Å². The molecule has 0 fully saturated rings. The molecule has 0 unspecified atom stereocenters. The van der Waals surface area contributed by atoms with Crippen molar-refractivity contribution < 1.29 is 4.79 Å². The molecule has 0 bridgehead atoms. The molecule has 0 aromatic heterocycles. The molecule has 0 atom stereocenters. The van der Waals surface area contributed by atoms with Crippen LogP contribution < -0.4 is 0 Å². The Hall–Kier alpha value is -0.890. The first-order valence-corrected chi connectivity index (χ1v) is 6.33. The van der Waals surface area contributed by atoms with Gasteiger partial charge in [-0.25, -0.2) is 0 Å². The summed E-state index contributed by atoms with van der Waals surface area (Å²) >= 11 is 3.38. The zero-order valence-corrected chi connectivity index (χ0v) is 11.3. The van der Waals surface area contributed by atoms with Gasteiger partial charge in [-0.2, -0.15) is 0 Å². The SMILES string of the molecule is CC(C)CCC(=O)/C=C/c1ccc(Br)cc1. The highest BCUT2D eigenvalue weighted by molar-refractivity contribution is 9.10. The lowest BCUT2D eigenvalue weighted by molar-refractivity contribution is -0.114. The van der Waals surface area contributed by atoms with Crippen molar-refractivity contribution in [3.63, 3.8) is 0 Å². The molecule has 0 saturated heterocycles. The van der Waals surface area contributed by atoms with E-state index in [1.165, 1.54) is 0 Å². The number of hydrogen-bond acceptors (Lipinski definition) is 1. The van der Waals surface area contributed by atoms with Crippen molar-refractivity contribution in [1.82, 2.24) is 0 Å². The summed E-state index contributed by atoms with van der Waals surface area (Å²) in [6.07, 6.45) is 5.15.